The predicted octanol–water partition coefficient (Wildman–Crippen LogP) is 7.49. The lowest BCUT2D eigenvalue weighted by Crippen LogP contribution is -1.98. The highest BCUT2D eigenvalue weighted by molar-refractivity contribution is 5.38. The Balaban J connectivity index is -0.00000120. The van der Waals surface area contributed by atoms with E-state index >= 15 is 0 Å². The molecule has 0 spiro atoms. The van der Waals surface area contributed by atoms with E-state index in [1.54, 1.807) is 31.2 Å². The monoisotopic (exact) mass is 411 g/mol. The van der Waals surface area contributed by atoms with E-state index in [0.29, 0.717) is 11.7 Å². The first kappa shape index (κ1) is 29.3. The molecule has 0 saturated carbocycles. The summed E-state index contributed by atoms with van der Waals surface area (Å²) >= 11 is 0. The highest BCUT2D eigenvalue weighted by Gasteiger charge is 2.03. The summed E-state index contributed by atoms with van der Waals surface area (Å²) in [5, 5.41) is 7.57. The fourth-order valence-electron chi connectivity index (χ4n) is 2.27. The van der Waals surface area contributed by atoms with E-state index in [0.717, 1.165) is 23.4 Å². The minimum atomic E-state index is 0. The van der Waals surface area contributed by atoms with Gasteiger partial charge in [0.25, 0.3) is 0 Å². The number of aliphatic hydroxyl groups is 1. The zero-order valence-electron chi connectivity index (χ0n) is 19.4. The Bertz CT molecular complexity index is 745. The molecule has 0 aromatic heterocycles. The quantitative estimate of drug-likeness (QED) is 0.246. The molecule has 0 aliphatic rings. The summed E-state index contributed by atoms with van der Waals surface area (Å²) in [7, 11) is 0. The largest absolute Gasteiger partial charge is 0.457 e. The molecule has 30 heavy (non-hydrogen) atoms. The van der Waals surface area contributed by atoms with Gasteiger partial charge in [0, 0.05) is 13.7 Å². The van der Waals surface area contributed by atoms with Crippen LogP contribution in [0.4, 0.5) is 0 Å². The molecule has 1 unspecified atom stereocenters. The maximum atomic E-state index is 7.57. The normalized spacial score (nSPS) is 12.3. The van der Waals surface area contributed by atoms with Gasteiger partial charge < -0.3 is 9.84 Å². The van der Waals surface area contributed by atoms with Crippen molar-refractivity contribution in [1.82, 2.24) is 0 Å². The van der Waals surface area contributed by atoms with Crippen molar-refractivity contribution in [3.05, 3.63) is 103 Å². The highest BCUT2D eigenvalue weighted by atomic mass is 16.5. The van der Waals surface area contributed by atoms with Crippen molar-refractivity contribution in [2.24, 2.45) is 10.9 Å². The Labute approximate surface area is 185 Å². The van der Waals surface area contributed by atoms with E-state index in [2.05, 4.69) is 50.5 Å². The van der Waals surface area contributed by atoms with Crippen molar-refractivity contribution in [1.29, 1.82) is 0 Å². The molecule has 0 amide bonds. The van der Waals surface area contributed by atoms with Gasteiger partial charge >= 0.3 is 0 Å². The van der Waals surface area contributed by atoms with Crippen LogP contribution in [0.3, 0.4) is 0 Å². The van der Waals surface area contributed by atoms with Gasteiger partial charge in [0.15, 0.2) is 0 Å². The lowest BCUT2D eigenvalue weighted by Gasteiger charge is -2.10. The van der Waals surface area contributed by atoms with Gasteiger partial charge in [-0.25, -0.2) is 0 Å². The smallest absolute Gasteiger partial charge is 0.127 e. The molecule has 0 radical (unpaired) electrons. The Hall–Kier alpha value is -2.91. The number of allylic oxidation sites excluding steroid dienone is 8. The molecule has 1 N–H and O–H groups in total. The Morgan fingerprint density at radius 2 is 1.87 bits per heavy atom. The minimum Gasteiger partial charge on any atom is -0.457 e. The fourth-order valence-corrected chi connectivity index (χ4v) is 2.27. The van der Waals surface area contributed by atoms with Gasteiger partial charge in [-0.1, -0.05) is 76.9 Å². The average molecular weight is 412 g/mol. The number of aliphatic hydroxyl groups excluding tert-OH is 1. The second-order valence-electron chi connectivity index (χ2n) is 6.02. The van der Waals surface area contributed by atoms with E-state index < -0.39 is 0 Å². The van der Waals surface area contributed by atoms with E-state index in [-0.39, 0.29) is 8.03 Å². The number of nitrogens with zero attached hydrogens (tertiary/aromatic N) is 1. The molecule has 0 saturated heterocycles. The van der Waals surface area contributed by atoms with Crippen LogP contribution in [0.15, 0.2) is 102 Å². The summed E-state index contributed by atoms with van der Waals surface area (Å²) in [6.45, 7) is 24.8. The summed E-state index contributed by atoms with van der Waals surface area (Å²) in [5.41, 5.74) is 3.07. The number of hydrogen-bond acceptors (Lipinski definition) is 3. The third-order valence-corrected chi connectivity index (χ3v) is 3.65. The first-order valence-electron chi connectivity index (χ1n) is 10.3. The molecular weight excluding hydrogens is 370 g/mol. The fraction of sp³-hybridized carbons (Fsp3) is 0.296. The minimum absolute atomic E-state index is 0. The zero-order chi connectivity index (χ0) is 23.4. The molecular formula is C27H41NO2. The Morgan fingerprint density at radius 3 is 2.37 bits per heavy atom. The van der Waals surface area contributed by atoms with Crippen LogP contribution in [-0.4, -0.2) is 18.4 Å². The van der Waals surface area contributed by atoms with Crippen molar-refractivity contribution in [2.45, 2.75) is 41.0 Å². The van der Waals surface area contributed by atoms with Crippen LogP contribution in [0.5, 0.6) is 5.75 Å². The topological polar surface area (TPSA) is 41.8 Å². The van der Waals surface area contributed by atoms with Gasteiger partial charge in [-0.15, -0.1) is 0 Å². The average Bonchev–Trinajstić information content (AvgIpc) is 2.75. The molecule has 0 bridgehead atoms. The number of benzene rings is 1. The van der Waals surface area contributed by atoms with Gasteiger partial charge in [-0.3, -0.25) is 4.99 Å². The van der Waals surface area contributed by atoms with Crippen molar-refractivity contribution in [2.75, 3.05) is 6.61 Å². The number of hydrogen-bond donors (Lipinski definition) is 1. The van der Waals surface area contributed by atoms with Crippen LogP contribution in [0.2, 0.25) is 0 Å². The predicted molar refractivity (Wildman–Crippen MR) is 136 cm³/mol. The van der Waals surface area contributed by atoms with Gasteiger partial charge in [0.05, 0.1) is 0 Å². The molecule has 1 aromatic carbocycles. The van der Waals surface area contributed by atoms with Gasteiger partial charge in [-0.2, -0.15) is 0 Å². The standard InChI is InChI=1S/C23H27NO.C2H6O.C2H6.H2/c1-7-11-22(9-3)25-23-13-10-12-20(17-23)16-18(4)14-15-21(8-2)19(5)24-6;1-2-3;1-2;/h7-15,17-18H,1-3,6,16H2,4-5H3;3H,2H2,1H3;1-2H3;1H/b15-14+,21-19+,22-11+;;;. The highest BCUT2D eigenvalue weighted by Crippen LogP contribution is 2.20. The van der Waals surface area contributed by atoms with Crippen molar-refractivity contribution in [3.8, 4) is 5.75 Å². The van der Waals surface area contributed by atoms with Crippen molar-refractivity contribution < 1.29 is 11.3 Å². The van der Waals surface area contributed by atoms with Crippen molar-refractivity contribution >= 4 is 6.72 Å². The molecule has 1 rings (SSSR count). The second-order valence-corrected chi connectivity index (χ2v) is 6.02. The van der Waals surface area contributed by atoms with Gasteiger partial charge in [0.1, 0.15) is 11.5 Å². The summed E-state index contributed by atoms with van der Waals surface area (Å²) in [6, 6.07) is 8.08. The van der Waals surface area contributed by atoms with Gasteiger partial charge in [0.2, 0.25) is 0 Å². The third-order valence-electron chi connectivity index (χ3n) is 3.65. The summed E-state index contributed by atoms with van der Waals surface area (Å²) in [6.07, 6.45) is 12.0. The SMILES string of the molecule is C=C/C=C(\C=C)Oc1cccc(CC(C)/C=C/C(C=C)=C(\C)N=C)c1.CC.CCO.[HH]. The summed E-state index contributed by atoms with van der Waals surface area (Å²) in [5.74, 6) is 1.83. The lowest BCUT2D eigenvalue weighted by atomic mass is 9.99. The molecule has 3 nitrogen and oxygen atoms in total. The van der Waals surface area contributed by atoms with Crippen LogP contribution in [0.25, 0.3) is 0 Å². The van der Waals surface area contributed by atoms with Crippen LogP contribution in [0.1, 0.15) is 41.6 Å². The molecule has 0 aliphatic carbocycles. The number of aliphatic imine (C=N–C) groups is 1. The molecule has 0 heterocycles. The van der Waals surface area contributed by atoms with E-state index in [1.165, 1.54) is 5.56 Å². The molecule has 0 aliphatic heterocycles. The number of ether oxygens (including phenoxy) is 1. The zero-order valence-corrected chi connectivity index (χ0v) is 19.4. The van der Waals surface area contributed by atoms with Gasteiger partial charge in [-0.05, 0) is 68.3 Å². The second kappa shape index (κ2) is 19.4. The molecule has 1 atom stereocenters. The molecule has 0 fully saturated rings. The molecule has 1 aromatic rings. The third kappa shape index (κ3) is 13.3. The Kier molecular flexibility index (Phi) is 19.0. The lowest BCUT2D eigenvalue weighted by molar-refractivity contribution is 0.318. The first-order chi connectivity index (χ1) is 14.4. The maximum absolute atomic E-state index is 7.57. The Morgan fingerprint density at radius 1 is 1.23 bits per heavy atom. The van der Waals surface area contributed by atoms with E-state index in [1.807, 2.05) is 45.0 Å². The molecule has 3 heteroatoms. The van der Waals surface area contributed by atoms with Crippen LogP contribution in [0, 0.1) is 5.92 Å². The summed E-state index contributed by atoms with van der Waals surface area (Å²) < 4.78 is 5.80. The van der Waals surface area contributed by atoms with E-state index in [4.69, 9.17) is 9.84 Å². The molecule has 166 valence electrons. The van der Waals surface area contributed by atoms with Crippen LogP contribution in [-0.2, 0) is 6.42 Å². The summed E-state index contributed by atoms with van der Waals surface area (Å²) in [4.78, 5) is 3.95. The number of rotatable bonds is 10. The van der Waals surface area contributed by atoms with Crippen LogP contribution >= 0.6 is 0 Å². The first-order valence-corrected chi connectivity index (χ1v) is 10.3. The maximum Gasteiger partial charge on any atom is 0.127 e. The van der Waals surface area contributed by atoms with Crippen LogP contribution < -0.4 is 4.74 Å². The van der Waals surface area contributed by atoms with Crippen molar-refractivity contribution in [3.63, 3.8) is 0 Å². The van der Waals surface area contributed by atoms with E-state index in [9.17, 15) is 0 Å².